The van der Waals surface area contributed by atoms with Crippen LogP contribution in [0.25, 0.3) is 43.8 Å². The maximum absolute atomic E-state index is 2.54. The monoisotopic (exact) mass is 1050 g/mol. The highest BCUT2D eigenvalue weighted by atomic mass is 15.2. The maximum atomic E-state index is 2.54. The first kappa shape index (κ1) is 49.1. The van der Waals surface area contributed by atoms with E-state index in [2.05, 4.69) is 329 Å². The number of benzene rings is 13. The molecule has 0 atom stereocenters. The van der Waals surface area contributed by atoms with Gasteiger partial charge in [0.05, 0.1) is 10.8 Å². The van der Waals surface area contributed by atoms with Gasteiger partial charge in [-0.25, -0.2) is 0 Å². The van der Waals surface area contributed by atoms with Gasteiger partial charge in [0.1, 0.15) is 0 Å². The van der Waals surface area contributed by atoms with Crippen molar-refractivity contribution < 1.29 is 0 Å². The number of rotatable bonds is 10. The van der Waals surface area contributed by atoms with Crippen molar-refractivity contribution in [3.63, 3.8) is 0 Å². The summed E-state index contributed by atoms with van der Waals surface area (Å²) < 4.78 is 0. The van der Waals surface area contributed by atoms with Crippen molar-refractivity contribution in [2.24, 2.45) is 0 Å². The summed E-state index contributed by atoms with van der Waals surface area (Å²) in [7, 11) is 0. The highest BCUT2D eigenvalue weighted by Gasteiger charge is 2.53. The molecule has 82 heavy (non-hydrogen) atoms. The zero-order chi connectivity index (χ0) is 55.1. The van der Waals surface area contributed by atoms with Crippen molar-refractivity contribution in [3.8, 4) is 22.3 Å². The minimum absolute atomic E-state index is 0.663. The van der Waals surface area contributed by atoms with E-state index in [4.69, 9.17) is 0 Å². The van der Waals surface area contributed by atoms with Crippen LogP contribution in [0.1, 0.15) is 66.8 Å². The molecule has 0 heterocycles. The molecular weight excluding hydrogens is 989 g/mol. The summed E-state index contributed by atoms with van der Waals surface area (Å²) in [5.74, 6) is 0. The van der Waals surface area contributed by atoms with Crippen LogP contribution >= 0.6 is 0 Å². The molecule has 0 spiro atoms. The van der Waals surface area contributed by atoms with E-state index < -0.39 is 10.8 Å². The van der Waals surface area contributed by atoms with E-state index in [-0.39, 0.29) is 0 Å². The molecule has 0 amide bonds. The summed E-state index contributed by atoms with van der Waals surface area (Å²) in [5.41, 5.74) is 25.7. The molecule has 0 aromatic heterocycles. The fourth-order valence-electron chi connectivity index (χ4n) is 14.4. The Balaban J connectivity index is 1.05. The largest absolute Gasteiger partial charge is 0.310 e. The minimum Gasteiger partial charge on any atom is -0.310 e. The van der Waals surface area contributed by atoms with Crippen LogP contribution in [0.4, 0.5) is 34.1 Å². The lowest BCUT2D eigenvalue weighted by atomic mass is 9.65. The third-order valence-electron chi connectivity index (χ3n) is 18.0. The molecule has 2 heteroatoms. The van der Waals surface area contributed by atoms with Gasteiger partial charge in [0.15, 0.2) is 0 Å². The molecular formula is C80H60N2. The fourth-order valence-corrected chi connectivity index (χ4v) is 14.4. The van der Waals surface area contributed by atoms with Gasteiger partial charge in [-0.3, -0.25) is 0 Å². The van der Waals surface area contributed by atoms with Crippen LogP contribution in [0, 0.1) is 27.7 Å². The molecule has 0 aliphatic heterocycles. The number of hydrogen-bond donors (Lipinski definition) is 0. The van der Waals surface area contributed by atoms with Gasteiger partial charge in [0.25, 0.3) is 0 Å². The van der Waals surface area contributed by atoms with E-state index >= 15 is 0 Å². The first-order valence-electron chi connectivity index (χ1n) is 28.7. The number of anilines is 6. The topological polar surface area (TPSA) is 6.48 Å². The standard InChI is InChI=1S/C80H60N2/c1-53-25-17-21-37-73(53)81(74-38-22-18-26-54(74)2)65-43-41-57-49-67-71(51-59(57)47-65)79(61-29-9-5-10-30-61,62-31-11-6-12-32-62)69-45-46-70-78(77(67)69)68-50-58-42-44-66(82(75-39-23-19-27-55(75)3)76-40-24-20-28-56(76)4)48-60(58)52-72(68)80(70,63-33-13-7-14-34-63)64-35-15-8-16-36-64/h5-52H,1-4H3. The summed E-state index contributed by atoms with van der Waals surface area (Å²) >= 11 is 0. The Morgan fingerprint density at radius 2 is 0.512 bits per heavy atom. The zero-order valence-corrected chi connectivity index (χ0v) is 46.6. The number of aryl methyl sites for hydroxylation is 4. The van der Waals surface area contributed by atoms with E-state index in [9.17, 15) is 0 Å². The van der Waals surface area contributed by atoms with E-state index in [1.54, 1.807) is 0 Å². The normalized spacial score (nSPS) is 13.3. The quantitative estimate of drug-likeness (QED) is 0.135. The molecule has 0 radical (unpaired) electrons. The first-order chi connectivity index (χ1) is 40.3. The Morgan fingerprint density at radius 1 is 0.232 bits per heavy atom. The molecule has 13 aromatic carbocycles. The molecule has 2 nitrogen and oxygen atoms in total. The Morgan fingerprint density at radius 3 is 0.805 bits per heavy atom. The minimum atomic E-state index is -0.663. The number of hydrogen-bond acceptors (Lipinski definition) is 2. The smallest absolute Gasteiger partial charge is 0.0714 e. The second-order valence-electron chi connectivity index (χ2n) is 22.6. The fraction of sp³-hybridized carbons (Fsp3) is 0.0750. The molecule has 390 valence electrons. The molecule has 0 saturated heterocycles. The lowest BCUT2D eigenvalue weighted by Gasteiger charge is -2.35. The van der Waals surface area contributed by atoms with Gasteiger partial charge in [-0.1, -0.05) is 218 Å². The summed E-state index contributed by atoms with van der Waals surface area (Å²) in [6.45, 7) is 8.86. The average molecular weight is 1050 g/mol. The highest BCUT2D eigenvalue weighted by Crippen LogP contribution is 2.66. The van der Waals surface area contributed by atoms with Crippen LogP contribution in [0.3, 0.4) is 0 Å². The van der Waals surface area contributed by atoms with Crippen LogP contribution in [0.2, 0.25) is 0 Å². The molecule has 2 aliphatic carbocycles. The van der Waals surface area contributed by atoms with Gasteiger partial charge in [0, 0.05) is 34.1 Å². The van der Waals surface area contributed by atoms with Crippen molar-refractivity contribution in [2.45, 2.75) is 38.5 Å². The van der Waals surface area contributed by atoms with Gasteiger partial charge in [-0.2, -0.15) is 0 Å². The molecule has 0 N–H and O–H groups in total. The molecule has 15 rings (SSSR count). The molecule has 0 unspecified atom stereocenters. The maximum Gasteiger partial charge on any atom is 0.0714 e. The Labute approximate surface area is 481 Å². The van der Waals surface area contributed by atoms with Crippen molar-refractivity contribution >= 4 is 55.7 Å². The summed E-state index contributed by atoms with van der Waals surface area (Å²) in [6.07, 6.45) is 0. The van der Waals surface area contributed by atoms with Crippen LogP contribution in [0.15, 0.2) is 291 Å². The van der Waals surface area contributed by atoms with Crippen LogP contribution in [-0.4, -0.2) is 0 Å². The van der Waals surface area contributed by atoms with Crippen molar-refractivity contribution in [2.75, 3.05) is 9.80 Å². The average Bonchev–Trinajstić information content (AvgIpc) is 1.65. The molecule has 0 saturated carbocycles. The summed E-state index contributed by atoms with van der Waals surface area (Å²) in [6, 6.07) is 110. The van der Waals surface area contributed by atoms with E-state index in [0.717, 1.165) is 11.4 Å². The zero-order valence-electron chi connectivity index (χ0n) is 46.6. The summed E-state index contributed by atoms with van der Waals surface area (Å²) in [5, 5.41) is 4.79. The van der Waals surface area contributed by atoms with E-state index in [1.807, 2.05) is 0 Å². The van der Waals surface area contributed by atoms with Crippen LogP contribution in [0.5, 0.6) is 0 Å². The van der Waals surface area contributed by atoms with Gasteiger partial charge in [-0.15, -0.1) is 0 Å². The predicted octanol–water partition coefficient (Wildman–Crippen LogP) is 20.9. The lowest BCUT2D eigenvalue weighted by Crippen LogP contribution is -2.30. The van der Waals surface area contributed by atoms with Crippen LogP contribution < -0.4 is 9.80 Å². The Hall–Kier alpha value is -10.0. The molecule has 0 bridgehead atoms. The lowest BCUT2D eigenvalue weighted by molar-refractivity contribution is 0.758. The van der Waals surface area contributed by atoms with Gasteiger partial charge < -0.3 is 9.80 Å². The number of nitrogens with zero attached hydrogens (tertiary/aromatic N) is 2. The van der Waals surface area contributed by atoms with E-state index in [0.29, 0.717) is 0 Å². The van der Waals surface area contributed by atoms with Crippen LogP contribution in [-0.2, 0) is 10.8 Å². The SMILES string of the molecule is Cc1ccccc1N(c1ccc2cc3c(cc2c1)C(c1ccccc1)(c1ccccc1)c1ccc2c(c1-3)-c1cc3ccc(N(c4ccccc4C)c4ccccc4C)cc3cc1C2(c1ccccc1)c1ccccc1)c1ccccc1C. The second-order valence-corrected chi connectivity index (χ2v) is 22.6. The number of para-hydroxylation sites is 4. The Kier molecular flexibility index (Phi) is 11.6. The third kappa shape index (κ3) is 7.34. The van der Waals surface area contributed by atoms with Crippen molar-refractivity contribution in [1.82, 2.24) is 0 Å². The van der Waals surface area contributed by atoms with E-state index in [1.165, 1.54) is 133 Å². The van der Waals surface area contributed by atoms with Gasteiger partial charge in [-0.05, 0) is 211 Å². The molecule has 0 fully saturated rings. The predicted molar refractivity (Wildman–Crippen MR) is 344 cm³/mol. The van der Waals surface area contributed by atoms with Gasteiger partial charge >= 0.3 is 0 Å². The first-order valence-corrected chi connectivity index (χ1v) is 28.7. The van der Waals surface area contributed by atoms with Crippen molar-refractivity contribution in [1.29, 1.82) is 0 Å². The van der Waals surface area contributed by atoms with Gasteiger partial charge in [0.2, 0.25) is 0 Å². The summed E-state index contributed by atoms with van der Waals surface area (Å²) in [4.78, 5) is 4.89. The molecule has 13 aromatic rings. The second kappa shape index (κ2) is 19.4. The molecule has 2 aliphatic rings. The Bertz CT molecular complexity index is 4150. The highest BCUT2D eigenvalue weighted by molar-refractivity contribution is 6.08. The third-order valence-corrected chi connectivity index (χ3v) is 18.0. The number of fused-ring (bicyclic) bond motifs is 9. The van der Waals surface area contributed by atoms with Crippen molar-refractivity contribution in [3.05, 3.63) is 358 Å².